The number of hydrogen-bond acceptors (Lipinski definition) is 3. The maximum absolute atomic E-state index is 12.7. The van der Waals surface area contributed by atoms with E-state index in [9.17, 15) is 4.79 Å². The monoisotopic (exact) mass is 251 g/mol. The first kappa shape index (κ1) is 12.4. The topological polar surface area (TPSA) is 35.6 Å². The Morgan fingerprint density at radius 3 is 2.50 bits per heavy atom. The molecule has 4 aliphatic heterocycles. The maximum Gasteiger partial charge on any atom is 0.244 e. The Balaban J connectivity index is 1.82. The molecule has 0 aromatic heterocycles. The lowest BCUT2D eigenvalue weighted by atomic mass is 9.82. The molecule has 1 amide bonds. The van der Waals surface area contributed by atoms with Crippen LogP contribution in [-0.4, -0.2) is 53.1 Å². The molecular formula is C14H25N3O. The third kappa shape index (κ3) is 1.69. The number of amides is 1. The molecule has 0 spiro atoms. The van der Waals surface area contributed by atoms with Crippen LogP contribution in [-0.2, 0) is 4.79 Å². The summed E-state index contributed by atoms with van der Waals surface area (Å²) in [5.74, 6) is 1.04. The van der Waals surface area contributed by atoms with Gasteiger partial charge in [0.1, 0.15) is 0 Å². The van der Waals surface area contributed by atoms with Gasteiger partial charge in [-0.2, -0.15) is 0 Å². The average molecular weight is 251 g/mol. The third-order valence-electron chi connectivity index (χ3n) is 5.34. The molecule has 4 rings (SSSR count). The van der Waals surface area contributed by atoms with Crippen LogP contribution in [0, 0.1) is 5.92 Å². The molecule has 2 bridgehead atoms. The highest BCUT2D eigenvalue weighted by molar-refractivity contribution is 5.88. The molecule has 1 N–H and O–H groups in total. The van der Waals surface area contributed by atoms with Crippen LogP contribution < -0.4 is 5.32 Å². The zero-order valence-corrected chi connectivity index (χ0v) is 11.8. The Kier molecular flexibility index (Phi) is 2.90. The normalized spacial score (nSPS) is 47.9. The number of carbonyl (C=O) groups excluding carboxylic acids is 1. The van der Waals surface area contributed by atoms with Crippen molar-refractivity contribution in [2.75, 3.05) is 19.6 Å². The molecule has 4 aliphatic rings. The van der Waals surface area contributed by atoms with Gasteiger partial charge in [-0.3, -0.25) is 10.1 Å². The van der Waals surface area contributed by atoms with E-state index in [2.05, 4.69) is 29.0 Å². The first-order valence-corrected chi connectivity index (χ1v) is 7.38. The molecule has 0 aromatic rings. The van der Waals surface area contributed by atoms with Gasteiger partial charge in [-0.05, 0) is 52.1 Å². The van der Waals surface area contributed by atoms with Gasteiger partial charge in [-0.25, -0.2) is 0 Å². The number of hydrogen-bond donors (Lipinski definition) is 1. The fourth-order valence-electron chi connectivity index (χ4n) is 3.99. The number of carbonyl (C=O) groups is 1. The van der Waals surface area contributed by atoms with E-state index in [4.69, 9.17) is 0 Å². The number of piperidine rings is 3. The van der Waals surface area contributed by atoms with Crippen LogP contribution >= 0.6 is 0 Å². The number of fused-ring (bicyclic) bond motifs is 3. The van der Waals surface area contributed by atoms with Crippen molar-refractivity contribution >= 4 is 5.91 Å². The molecule has 4 fully saturated rings. The van der Waals surface area contributed by atoms with E-state index in [1.54, 1.807) is 0 Å². The minimum absolute atomic E-state index is 0.188. The van der Waals surface area contributed by atoms with E-state index >= 15 is 0 Å². The lowest BCUT2D eigenvalue weighted by Gasteiger charge is -2.49. The van der Waals surface area contributed by atoms with E-state index < -0.39 is 0 Å². The van der Waals surface area contributed by atoms with Crippen molar-refractivity contribution in [2.24, 2.45) is 5.92 Å². The Morgan fingerprint density at radius 1 is 1.39 bits per heavy atom. The molecular weight excluding hydrogens is 226 g/mol. The molecule has 0 radical (unpaired) electrons. The van der Waals surface area contributed by atoms with Gasteiger partial charge in [0.05, 0.1) is 11.7 Å². The Hall–Kier alpha value is -0.610. The smallest absolute Gasteiger partial charge is 0.244 e. The van der Waals surface area contributed by atoms with E-state index in [-0.39, 0.29) is 11.7 Å². The van der Waals surface area contributed by atoms with Gasteiger partial charge in [0.15, 0.2) is 0 Å². The van der Waals surface area contributed by atoms with E-state index in [0.717, 1.165) is 18.9 Å². The minimum atomic E-state index is -0.342. The summed E-state index contributed by atoms with van der Waals surface area (Å²) in [4.78, 5) is 17.4. The predicted molar refractivity (Wildman–Crippen MR) is 71.1 cm³/mol. The first-order chi connectivity index (χ1) is 8.55. The Bertz CT molecular complexity index is 351. The van der Waals surface area contributed by atoms with Crippen LogP contribution in [0.4, 0.5) is 0 Å². The maximum atomic E-state index is 12.7. The van der Waals surface area contributed by atoms with Crippen LogP contribution in [0.3, 0.4) is 0 Å². The van der Waals surface area contributed by atoms with Gasteiger partial charge in [-0.1, -0.05) is 6.92 Å². The van der Waals surface area contributed by atoms with Crippen molar-refractivity contribution in [2.45, 2.75) is 57.8 Å². The molecule has 4 saturated heterocycles. The van der Waals surface area contributed by atoms with Gasteiger partial charge in [-0.15, -0.1) is 0 Å². The summed E-state index contributed by atoms with van der Waals surface area (Å²) in [6, 6.07) is 0.441. The number of nitrogens with one attached hydrogen (secondary N) is 1. The van der Waals surface area contributed by atoms with Crippen molar-refractivity contribution in [1.82, 2.24) is 15.1 Å². The summed E-state index contributed by atoms with van der Waals surface area (Å²) in [6.07, 6.45) is 3.59. The molecule has 18 heavy (non-hydrogen) atoms. The van der Waals surface area contributed by atoms with Crippen LogP contribution in [0.15, 0.2) is 0 Å². The molecule has 102 valence electrons. The van der Waals surface area contributed by atoms with Crippen molar-refractivity contribution < 1.29 is 4.79 Å². The summed E-state index contributed by atoms with van der Waals surface area (Å²) in [5.41, 5.74) is -0.342. The summed E-state index contributed by atoms with van der Waals surface area (Å²) < 4.78 is 0. The minimum Gasteiger partial charge on any atom is -0.321 e. The second-order valence-electron chi connectivity index (χ2n) is 6.42. The van der Waals surface area contributed by atoms with E-state index in [1.807, 2.05) is 6.92 Å². The van der Waals surface area contributed by atoms with Gasteiger partial charge >= 0.3 is 0 Å². The van der Waals surface area contributed by atoms with Crippen molar-refractivity contribution in [3.8, 4) is 0 Å². The zero-order chi connectivity index (χ0) is 12.9. The molecule has 0 aromatic carbocycles. The highest BCUT2D eigenvalue weighted by Gasteiger charge is 2.50. The summed E-state index contributed by atoms with van der Waals surface area (Å²) in [7, 11) is 0. The van der Waals surface area contributed by atoms with Crippen LogP contribution in [0.25, 0.3) is 0 Å². The second-order valence-corrected chi connectivity index (χ2v) is 6.42. The van der Waals surface area contributed by atoms with Crippen molar-refractivity contribution in [3.63, 3.8) is 0 Å². The quantitative estimate of drug-likeness (QED) is 0.796. The summed E-state index contributed by atoms with van der Waals surface area (Å²) in [5, 5.41) is 3.49. The van der Waals surface area contributed by atoms with Crippen LogP contribution in [0.5, 0.6) is 0 Å². The fraction of sp³-hybridized carbons (Fsp3) is 0.929. The van der Waals surface area contributed by atoms with E-state index in [0.29, 0.717) is 11.9 Å². The number of nitrogens with zero attached hydrogens (tertiary/aromatic N) is 2. The lowest BCUT2D eigenvalue weighted by molar-refractivity contribution is -0.139. The zero-order valence-electron chi connectivity index (χ0n) is 11.8. The Morgan fingerprint density at radius 2 is 2.06 bits per heavy atom. The highest BCUT2D eigenvalue weighted by atomic mass is 16.2. The SMILES string of the molecule is CCC1(C)NC(C)N(C2CN3CCC2CC3)C1=O. The standard InChI is InChI=1S/C14H25N3O/c1-4-14(3)13(18)17(10(2)15-14)12-9-16-7-5-11(12)6-8-16/h10-12,15H,4-9H2,1-3H3. The van der Waals surface area contributed by atoms with E-state index in [1.165, 1.54) is 25.9 Å². The van der Waals surface area contributed by atoms with Crippen LogP contribution in [0.1, 0.15) is 40.0 Å². The largest absolute Gasteiger partial charge is 0.321 e. The van der Waals surface area contributed by atoms with Crippen molar-refractivity contribution in [3.05, 3.63) is 0 Å². The molecule has 4 heteroatoms. The molecule has 0 saturated carbocycles. The Labute approximate surface area is 110 Å². The second kappa shape index (κ2) is 4.20. The van der Waals surface area contributed by atoms with Gasteiger partial charge in [0.2, 0.25) is 5.91 Å². The van der Waals surface area contributed by atoms with Gasteiger partial charge in [0.25, 0.3) is 0 Å². The highest BCUT2D eigenvalue weighted by Crippen LogP contribution is 2.35. The van der Waals surface area contributed by atoms with Gasteiger partial charge < -0.3 is 9.80 Å². The molecule has 0 aliphatic carbocycles. The molecule has 3 unspecified atom stereocenters. The third-order valence-corrected chi connectivity index (χ3v) is 5.34. The van der Waals surface area contributed by atoms with Crippen LogP contribution in [0.2, 0.25) is 0 Å². The summed E-state index contributed by atoms with van der Waals surface area (Å²) in [6.45, 7) is 9.83. The number of rotatable bonds is 2. The molecule has 3 atom stereocenters. The first-order valence-electron chi connectivity index (χ1n) is 7.38. The lowest BCUT2D eigenvalue weighted by Crippen LogP contribution is -2.59. The predicted octanol–water partition coefficient (Wildman–Crippen LogP) is 1.03. The average Bonchev–Trinajstić information content (AvgIpc) is 2.62. The van der Waals surface area contributed by atoms with Crippen molar-refractivity contribution in [1.29, 1.82) is 0 Å². The fourth-order valence-corrected chi connectivity index (χ4v) is 3.99. The van der Waals surface area contributed by atoms with Gasteiger partial charge in [0, 0.05) is 12.6 Å². The molecule has 4 nitrogen and oxygen atoms in total. The molecule has 4 heterocycles. The summed E-state index contributed by atoms with van der Waals surface area (Å²) >= 11 is 0.